The van der Waals surface area contributed by atoms with Crippen molar-refractivity contribution in [2.24, 2.45) is 0 Å². The highest BCUT2D eigenvalue weighted by Crippen LogP contribution is 2.21. The molecule has 2 aromatic heterocycles. The third-order valence-electron chi connectivity index (χ3n) is 3.14. The second-order valence-electron chi connectivity index (χ2n) is 4.81. The summed E-state index contributed by atoms with van der Waals surface area (Å²) in [7, 11) is 0. The molecule has 0 aliphatic heterocycles. The molecule has 0 radical (unpaired) electrons. The normalized spacial score (nSPS) is 10.7. The van der Waals surface area contributed by atoms with E-state index in [1.54, 1.807) is 12.4 Å². The number of benzene rings is 1. The van der Waals surface area contributed by atoms with Gasteiger partial charge in [-0.05, 0) is 41.5 Å². The molecule has 3 rings (SSSR count). The number of nitrogens with two attached hydrogens (primary N) is 1. The van der Waals surface area contributed by atoms with Gasteiger partial charge in [-0.25, -0.2) is 4.98 Å². The molecule has 0 saturated heterocycles. The summed E-state index contributed by atoms with van der Waals surface area (Å²) in [4.78, 5) is 8.33. The minimum absolute atomic E-state index is 0.624. The van der Waals surface area contributed by atoms with Crippen LogP contribution in [-0.2, 0) is 0 Å². The molecule has 0 atom stereocenters. The van der Waals surface area contributed by atoms with Crippen LogP contribution in [0, 0.1) is 0 Å². The molecule has 0 aliphatic rings. The molecule has 3 N–H and O–H groups in total. The summed E-state index contributed by atoms with van der Waals surface area (Å²) in [5.41, 5.74) is 9.61. The van der Waals surface area contributed by atoms with E-state index in [1.165, 1.54) is 0 Å². The first-order chi connectivity index (χ1) is 10.8. The molecule has 1 aromatic carbocycles. The van der Waals surface area contributed by atoms with Crippen LogP contribution in [0.4, 0.5) is 17.2 Å². The zero-order chi connectivity index (χ0) is 15.2. The standard InChI is InChI=1S/C18H16N4/c19-17-7-3-11-21-18(17)22-16-6-1-4-14(12-16)8-9-15-5-2-10-20-13-15/h1-13H,19H2,(H,21,22)/b9-8+. The minimum Gasteiger partial charge on any atom is -0.396 e. The van der Waals surface area contributed by atoms with E-state index in [2.05, 4.69) is 15.3 Å². The van der Waals surface area contributed by atoms with Crippen molar-refractivity contribution in [1.82, 2.24) is 9.97 Å². The van der Waals surface area contributed by atoms with Gasteiger partial charge in [-0.2, -0.15) is 0 Å². The lowest BCUT2D eigenvalue weighted by atomic mass is 10.1. The maximum absolute atomic E-state index is 5.90. The molecule has 4 heteroatoms. The minimum atomic E-state index is 0.624. The van der Waals surface area contributed by atoms with Crippen molar-refractivity contribution in [3.05, 3.63) is 78.2 Å². The average molecular weight is 288 g/mol. The molecule has 108 valence electrons. The fourth-order valence-corrected chi connectivity index (χ4v) is 2.05. The number of hydrogen-bond donors (Lipinski definition) is 2. The molecule has 0 fully saturated rings. The van der Waals surface area contributed by atoms with Crippen LogP contribution in [-0.4, -0.2) is 9.97 Å². The molecule has 2 heterocycles. The van der Waals surface area contributed by atoms with E-state index in [1.807, 2.05) is 66.9 Å². The van der Waals surface area contributed by atoms with Gasteiger partial charge in [-0.3, -0.25) is 4.98 Å². The van der Waals surface area contributed by atoms with E-state index in [0.717, 1.165) is 16.8 Å². The van der Waals surface area contributed by atoms with Crippen molar-refractivity contribution in [1.29, 1.82) is 0 Å². The van der Waals surface area contributed by atoms with E-state index in [-0.39, 0.29) is 0 Å². The molecule has 22 heavy (non-hydrogen) atoms. The van der Waals surface area contributed by atoms with Crippen molar-refractivity contribution >= 4 is 29.3 Å². The number of aromatic nitrogens is 2. The Kier molecular flexibility index (Phi) is 4.11. The van der Waals surface area contributed by atoms with E-state index in [9.17, 15) is 0 Å². The number of pyridine rings is 2. The van der Waals surface area contributed by atoms with Crippen LogP contribution in [0.2, 0.25) is 0 Å². The van der Waals surface area contributed by atoms with Gasteiger partial charge in [-0.1, -0.05) is 30.4 Å². The summed E-state index contributed by atoms with van der Waals surface area (Å²) in [5, 5.41) is 3.23. The second kappa shape index (κ2) is 6.54. The number of rotatable bonds is 4. The van der Waals surface area contributed by atoms with Gasteiger partial charge in [0.25, 0.3) is 0 Å². The van der Waals surface area contributed by atoms with Crippen LogP contribution < -0.4 is 11.1 Å². The second-order valence-corrected chi connectivity index (χ2v) is 4.81. The summed E-state index contributed by atoms with van der Waals surface area (Å²) in [6, 6.07) is 15.6. The van der Waals surface area contributed by atoms with Gasteiger partial charge in [-0.15, -0.1) is 0 Å². The summed E-state index contributed by atoms with van der Waals surface area (Å²) in [6.45, 7) is 0. The van der Waals surface area contributed by atoms with Crippen LogP contribution >= 0.6 is 0 Å². The predicted octanol–water partition coefficient (Wildman–Crippen LogP) is 3.97. The Morgan fingerprint density at radius 1 is 0.909 bits per heavy atom. The molecule has 0 amide bonds. The molecular formula is C18H16N4. The Morgan fingerprint density at radius 3 is 2.55 bits per heavy atom. The van der Waals surface area contributed by atoms with Gasteiger partial charge in [0.05, 0.1) is 5.69 Å². The summed E-state index contributed by atoms with van der Waals surface area (Å²) in [6.07, 6.45) is 9.38. The summed E-state index contributed by atoms with van der Waals surface area (Å²) < 4.78 is 0. The van der Waals surface area contributed by atoms with Crippen molar-refractivity contribution in [3.63, 3.8) is 0 Å². The van der Waals surface area contributed by atoms with Gasteiger partial charge in [0.15, 0.2) is 5.82 Å². The van der Waals surface area contributed by atoms with Crippen molar-refractivity contribution < 1.29 is 0 Å². The Labute approximate surface area is 129 Å². The first-order valence-corrected chi connectivity index (χ1v) is 6.97. The first-order valence-electron chi connectivity index (χ1n) is 6.97. The third kappa shape index (κ3) is 3.49. The highest BCUT2D eigenvalue weighted by atomic mass is 15.0. The lowest BCUT2D eigenvalue weighted by Crippen LogP contribution is -1.98. The van der Waals surface area contributed by atoms with Crippen molar-refractivity contribution in [2.75, 3.05) is 11.1 Å². The molecule has 0 unspecified atom stereocenters. The first kappa shape index (κ1) is 13.8. The van der Waals surface area contributed by atoms with Crippen LogP contribution in [0.1, 0.15) is 11.1 Å². The molecule has 0 spiro atoms. The predicted molar refractivity (Wildman–Crippen MR) is 91.5 cm³/mol. The lowest BCUT2D eigenvalue weighted by molar-refractivity contribution is 1.31. The fourth-order valence-electron chi connectivity index (χ4n) is 2.05. The van der Waals surface area contributed by atoms with Crippen molar-refractivity contribution in [2.45, 2.75) is 0 Å². The molecule has 0 saturated carbocycles. The highest BCUT2D eigenvalue weighted by Gasteiger charge is 2.00. The zero-order valence-corrected chi connectivity index (χ0v) is 12.0. The smallest absolute Gasteiger partial charge is 0.153 e. The Balaban J connectivity index is 1.78. The summed E-state index contributed by atoms with van der Waals surface area (Å²) >= 11 is 0. The van der Waals surface area contributed by atoms with Crippen LogP contribution in [0.25, 0.3) is 12.2 Å². The van der Waals surface area contributed by atoms with E-state index < -0.39 is 0 Å². The molecule has 0 bridgehead atoms. The number of nitrogen functional groups attached to an aromatic ring is 1. The molecule has 4 nitrogen and oxygen atoms in total. The maximum atomic E-state index is 5.90. The van der Waals surface area contributed by atoms with Gasteiger partial charge in [0.2, 0.25) is 0 Å². The topological polar surface area (TPSA) is 63.8 Å². The molecule has 3 aromatic rings. The Morgan fingerprint density at radius 2 is 1.73 bits per heavy atom. The SMILES string of the molecule is Nc1cccnc1Nc1cccc(/C=C/c2cccnc2)c1. The Bertz CT molecular complexity index is 782. The quantitative estimate of drug-likeness (QED) is 0.762. The third-order valence-corrected chi connectivity index (χ3v) is 3.14. The van der Waals surface area contributed by atoms with E-state index in [0.29, 0.717) is 11.5 Å². The average Bonchev–Trinajstić information content (AvgIpc) is 2.57. The summed E-state index contributed by atoms with van der Waals surface area (Å²) in [5.74, 6) is 0.663. The molecular weight excluding hydrogens is 272 g/mol. The number of nitrogens with one attached hydrogen (secondary N) is 1. The van der Waals surface area contributed by atoms with Gasteiger partial charge in [0.1, 0.15) is 0 Å². The Hall–Kier alpha value is -3.14. The molecule has 0 aliphatic carbocycles. The number of hydrogen-bond acceptors (Lipinski definition) is 4. The van der Waals surface area contributed by atoms with Crippen LogP contribution in [0.15, 0.2) is 67.1 Å². The zero-order valence-electron chi connectivity index (χ0n) is 12.0. The van der Waals surface area contributed by atoms with Crippen LogP contribution in [0.5, 0.6) is 0 Å². The highest BCUT2D eigenvalue weighted by molar-refractivity contribution is 5.73. The van der Waals surface area contributed by atoms with Gasteiger partial charge in [0, 0.05) is 24.3 Å². The largest absolute Gasteiger partial charge is 0.396 e. The van der Waals surface area contributed by atoms with Crippen LogP contribution in [0.3, 0.4) is 0 Å². The maximum Gasteiger partial charge on any atom is 0.153 e. The van der Waals surface area contributed by atoms with E-state index >= 15 is 0 Å². The van der Waals surface area contributed by atoms with E-state index in [4.69, 9.17) is 5.73 Å². The lowest BCUT2D eigenvalue weighted by Gasteiger charge is -2.08. The monoisotopic (exact) mass is 288 g/mol. The number of anilines is 3. The number of nitrogens with zero attached hydrogens (tertiary/aromatic N) is 2. The fraction of sp³-hybridized carbons (Fsp3) is 0. The van der Waals surface area contributed by atoms with Gasteiger partial charge < -0.3 is 11.1 Å². The van der Waals surface area contributed by atoms with Gasteiger partial charge >= 0.3 is 0 Å². The van der Waals surface area contributed by atoms with Crippen molar-refractivity contribution in [3.8, 4) is 0 Å².